The average molecular weight is 193 g/mol. The van der Waals surface area contributed by atoms with E-state index >= 15 is 0 Å². The highest BCUT2D eigenvalue weighted by Crippen LogP contribution is 2.20. The van der Waals surface area contributed by atoms with Crippen LogP contribution in [0, 0.1) is 20.8 Å². The lowest BCUT2D eigenvalue weighted by atomic mass is 9.98. The van der Waals surface area contributed by atoms with Crippen molar-refractivity contribution < 1.29 is 0 Å². The van der Waals surface area contributed by atoms with Gasteiger partial charge < -0.3 is 4.57 Å². The summed E-state index contributed by atoms with van der Waals surface area (Å²) in [6.07, 6.45) is 0. The van der Waals surface area contributed by atoms with Crippen LogP contribution in [-0.2, 0) is 7.05 Å². The molecule has 0 saturated heterocycles. The zero-order valence-electron chi connectivity index (χ0n) is 9.93. The van der Waals surface area contributed by atoms with Crippen LogP contribution >= 0.6 is 0 Å². The van der Waals surface area contributed by atoms with Crippen LogP contribution in [0.3, 0.4) is 0 Å². The topological polar surface area (TPSA) is 22.0 Å². The van der Waals surface area contributed by atoms with E-state index in [-0.39, 0.29) is 5.56 Å². The van der Waals surface area contributed by atoms with Gasteiger partial charge in [0.05, 0.1) is 0 Å². The normalized spacial score (nSPS) is 11.1. The summed E-state index contributed by atoms with van der Waals surface area (Å²) in [6, 6.07) is 0. The number of aromatic nitrogens is 1. The molecule has 0 unspecified atom stereocenters. The lowest BCUT2D eigenvalue weighted by Gasteiger charge is -2.18. The molecule has 0 amide bonds. The first-order valence-electron chi connectivity index (χ1n) is 5.04. The lowest BCUT2D eigenvalue weighted by molar-refractivity contribution is 0.689. The van der Waals surface area contributed by atoms with Gasteiger partial charge in [-0.05, 0) is 37.8 Å². The largest absolute Gasteiger partial charge is 0.315 e. The fraction of sp³-hybridized carbons (Fsp3) is 0.583. The van der Waals surface area contributed by atoms with Crippen LogP contribution in [0.2, 0.25) is 0 Å². The first-order chi connectivity index (χ1) is 6.37. The Morgan fingerprint density at radius 2 is 1.50 bits per heavy atom. The summed E-state index contributed by atoms with van der Waals surface area (Å²) < 4.78 is 1.78. The van der Waals surface area contributed by atoms with Gasteiger partial charge in [-0.2, -0.15) is 0 Å². The van der Waals surface area contributed by atoms with Gasteiger partial charge in [0.1, 0.15) is 0 Å². The number of nitrogens with zero attached hydrogens (tertiary/aromatic N) is 1. The van der Waals surface area contributed by atoms with Crippen LogP contribution in [0.5, 0.6) is 0 Å². The summed E-state index contributed by atoms with van der Waals surface area (Å²) in [5.74, 6) is 0.395. The maximum atomic E-state index is 11.8. The Balaban J connectivity index is 3.69. The van der Waals surface area contributed by atoms with Crippen LogP contribution in [0.15, 0.2) is 4.79 Å². The monoisotopic (exact) mass is 193 g/mol. The molecule has 0 aromatic carbocycles. The smallest absolute Gasteiger partial charge is 0.253 e. The molecule has 1 rings (SSSR count). The minimum atomic E-state index is 0.136. The Hall–Kier alpha value is -1.05. The number of pyridine rings is 1. The molecule has 14 heavy (non-hydrogen) atoms. The Kier molecular flexibility index (Phi) is 2.84. The average Bonchev–Trinajstić information content (AvgIpc) is 2.11. The highest BCUT2D eigenvalue weighted by atomic mass is 16.1. The van der Waals surface area contributed by atoms with E-state index in [1.807, 2.05) is 20.9 Å². The molecule has 1 aromatic rings. The fourth-order valence-electron chi connectivity index (χ4n) is 2.07. The van der Waals surface area contributed by atoms with E-state index in [1.165, 1.54) is 5.56 Å². The number of rotatable bonds is 1. The molecule has 2 heteroatoms. The molecule has 0 spiro atoms. The molecule has 78 valence electrons. The Bertz CT molecular complexity index is 413. The standard InChI is InChI=1S/C12H19NO/c1-7(2)11-9(4)8(3)10(5)12(14)13(11)6/h7H,1-6H3. The van der Waals surface area contributed by atoms with Crippen molar-refractivity contribution in [2.45, 2.75) is 40.5 Å². The zero-order valence-corrected chi connectivity index (χ0v) is 9.93. The highest BCUT2D eigenvalue weighted by Gasteiger charge is 2.13. The molecular weight excluding hydrogens is 174 g/mol. The SMILES string of the molecule is Cc1c(C)c(C(C)C)n(C)c(=O)c1C. The second-order valence-electron chi connectivity index (χ2n) is 4.28. The summed E-state index contributed by atoms with van der Waals surface area (Å²) in [5, 5.41) is 0. The molecule has 0 aliphatic carbocycles. The van der Waals surface area contributed by atoms with Gasteiger partial charge in [0.2, 0.25) is 0 Å². The predicted octanol–water partition coefficient (Wildman–Crippen LogP) is 2.43. The van der Waals surface area contributed by atoms with Crippen LogP contribution in [-0.4, -0.2) is 4.57 Å². The van der Waals surface area contributed by atoms with Crippen LogP contribution in [0.1, 0.15) is 42.1 Å². The number of hydrogen-bond donors (Lipinski definition) is 0. The van der Waals surface area contributed by atoms with Crippen molar-refractivity contribution in [3.05, 3.63) is 32.7 Å². The quantitative estimate of drug-likeness (QED) is 0.671. The van der Waals surface area contributed by atoms with Crippen molar-refractivity contribution in [2.75, 3.05) is 0 Å². The van der Waals surface area contributed by atoms with E-state index < -0.39 is 0 Å². The minimum Gasteiger partial charge on any atom is -0.315 e. The molecule has 0 N–H and O–H groups in total. The van der Waals surface area contributed by atoms with E-state index in [4.69, 9.17) is 0 Å². The maximum Gasteiger partial charge on any atom is 0.253 e. The van der Waals surface area contributed by atoms with Gasteiger partial charge in [-0.25, -0.2) is 0 Å². The lowest BCUT2D eigenvalue weighted by Crippen LogP contribution is -2.26. The van der Waals surface area contributed by atoms with Crippen molar-refractivity contribution in [2.24, 2.45) is 7.05 Å². The molecule has 1 heterocycles. The van der Waals surface area contributed by atoms with E-state index in [9.17, 15) is 4.79 Å². The van der Waals surface area contributed by atoms with Gasteiger partial charge in [0, 0.05) is 18.3 Å². The number of hydrogen-bond acceptors (Lipinski definition) is 1. The predicted molar refractivity (Wildman–Crippen MR) is 60.0 cm³/mol. The first kappa shape index (κ1) is 11.0. The van der Waals surface area contributed by atoms with E-state index in [0.717, 1.165) is 16.8 Å². The van der Waals surface area contributed by atoms with Crippen LogP contribution in [0.4, 0.5) is 0 Å². The molecule has 0 aliphatic rings. The van der Waals surface area contributed by atoms with Gasteiger partial charge in [0.25, 0.3) is 5.56 Å². The molecule has 0 saturated carbocycles. The summed E-state index contributed by atoms with van der Waals surface area (Å²) in [6.45, 7) is 10.3. The second-order valence-corrected chi connectivity index (χ2v) is 4.28. The third kappa shape index (κ3) is 1.49. The first-order valence-corrected chi connectivity index (χ1v) is 5.04. The van der Waals surface area contributed by atoms with Crippen molar-refractivity contribution in [1.29, 1.82) is 0 Å². The van der Waals surface area contributed by atoms with Gasteiger partial charge in [-0.15, -0.1) is 0 Å². The molecule has 0 radical (unpaired) electrons. The van der Waals surface area contributed by atoms with Gasteiger partial charge in [0.15, 0.2) is 0 Å². The zero-order chi connectivity index (χ0) is 11.0. The molecule has 0 aliphatic heterocycles. The van der Waals surface area contributed by atoms with Crippen LogP contribution < -0.4 is 5.56 Å². The molecular formula is C12H19NO. The van der Waals surface area contributed by atoms with Gasteiger partial charge in [-0.3, -0.25) is 4.79 Å². The summed E-state index contributed by atoms with van der Waals surface area (Å²) >= 11 is 0. The summed E-state index contributed by atoms with van der Waals surface area (Å²) in [5.41, 5.74) is 4.54. The maximum absolute atomic E-state index is 11.8. The Labute approximate surface area is 85.6 Å². The van der Waals surface area contributed by atoms with Crippen molar-refractivity contribution >= 4 is 0 Å². The van der Waals surface area contributed by atoms with Crippen molar-refractivity contribution in [3.8, 4) is 0 Å². The molecule has 1 aromatic heterocycles. The summed E-state index contributed by atoms with van der Waals surface area (Å²) in [4.78, 5) is 11.8. The third-order valence-electron chi connectivity index (χ3n) is 3.04. The summed E-state index contributed by atoms with van der Waals surface area (Å²) in [7, 11) is 1.86. The molecule has 2 nitrogen and oxygen atoms in total. The van der Waals surface area contributed by atoms with Gasteiger partial charge >= 0.3 is 0 Å². The van der Waals surface area contributed by atoms with Crippen molar-refractivity contribution in [3.63, 3.8) is 0 Å². The fourth-order valence-corrected chi connectivity index (χ4v) is 2.07. The minimum absolute atomic E-state index is 0.136. The van der Waals surface area contributed by atoms with E-state index in [0.29, 0.717) is 5.92 Å². The molecule has 0 fully saturated rings. The Morgan fingerprint density at radius 3 is 1.93 bits per heavy atom. The van der Waals surface area contributed by atoms with Crippen molar-refractivity contribution in [1.82, 2.24) is 4.57 Å². The Morgan fingerprint density at radius 1 is 1.00 bits per heavy atom. The van der Waals surface area contributed by atoms with Gasteiger partial charge in [-0.1, -0.05) is 13.8 Å². The highest BCUT2D eigenvalue weighted by molar-refractivity contribution is 5.35. The van der Waals surface area contributed by atoms with E-state index in [2.05, 4.69) is 20.8 Å². The van der Waals surface area contributed by atoms with E-state index in [1.54, 1.807) is 4.57 Å². The van der Waals surface area contributed by atoms with Crippen LogP contribution in [0.25, 0.3) is 0 Å². The third-order valence-corrected chi connectivity index (χ3v) is 3.04. The second kappa shape index (κ2) is 3.60. The molecule has 0 atom stereocenters. The molecule has 0 bridgehead atoms.